The van der Waals surface area contributed by atoms with Crippen LogP contribution in [0, 0.1) is 5.92 Å². The molecule has 0 saturated heterocycles. The lowest BCUT2D eigenvalue weighted by Crippen LogP contribution is -2.38. The molecule has 1 fully saturated rings. The van der Waals surface area contributed by atoms with Crippen LogP contribution in [0.2, 0.25) is 0 Å². The summed E-state index contributed by atoms with van der Waals surface area (Å²) in [6.07, 6.45) is -2.16. The summed E-state index contributed by atoms with van der Waals surface area (Å²) in [5.74, 6) is -0.198. The number of rotatable bonds is 7. The summed E-state index contributed by atoms with van der Waals surface area (Å²) in [5.41, 5.74) is 1.01. The molecule has 1 N–H and O–H groups in total. The number of amidine groups is 1. The summed E-state index contributed by atoms with van der Waals surface area (Å²) < 4.78 is 44.6. The van der Waals surface area contributed by atoms with Crippen molar-refractivity contribution >= 4 is 28.8 Å². The number of halogens is 3. The minimum Gasteiger partial charge on any atom is -0.463 e. The average molecular weight is 480 g/mol. The van der Waals surface area contributed by atoms with Crippen LogP contribution in [-0.4, -0.2) is 35.1 Å². The second kappa shape index (κ2) is 9.24. The first-order valence-corrected chi connectivity index (χ1v) is 11.6. The first-order valence-electron chi connectivity index (χ1n) is 10.7. The first-order chi connectivity index (χ1) is 15.7. The second-order valence-electron chi connectivity index (χ2n) is 8.16. The number of alkyl halides is 3. The number of esters is 1. The van der Waals surface area contributed by atoms with Gasteiger partial charge >= 0.3 is 12.1 Å². The molecule has 0 aromatic heterocycles. The quantitative estimate of drug-likeness (QED) is 0.571. The lowest BCUT2D eigenvalue weighted by Gasteiger charge is -2.36. The fourth-order valence-corrected chi connectivity index (χ4v) is 4.78. The van der Waals surface area contributed by atoms with Crippen LogP contribution in [0.25, 0.3) is 0 Å². The van der Waals surface area contributed by atoms with Gasteiger partial charge in [0, 0.05) is 12.2 Å². The third-order valence-electron chi connectivity index (χ3n) is 5.68. The van der Waals surface area contributed by atoms with Crippen molar-refractivity contribution in [2.45, 2.75) is 45.3 Å². The van der Waals surface area contributed by atoms with Gasteiger partial charge < -0.3 is 15.0 Å². The van der Waals surface area contributed by atoms with E-state index in [0.29, 0.717) is 34.6 Å². The van der Waals surface area contributed by atoms with E-state index in [4.69, 9.17) is 4.74 Å². The lowest BCUT2D eigenvalue weighted by atomic mass is 9.93. The van der Waals surface area contributed by atoms with Crippen molar-refractivity contribution in [3.05, 3.63) is 57.8 Å². The van der Waals surface area contributed by atoms with E-state index in [2.05, 4.69) is 10.3 Å². The van der Waals surface area contributed by atoms with E-state index in [-0.39, 0.29) is 24.5 Å². The predicted octanol–water partition coefficient (Wildman–Crippen LogP) is 4.76. The molecule has 6 nitrogen and oxygen atoms in total. The molecule has 3 aliphatic rings. The van der Waals surface area contributed by atoms with Crippen LogP contribution < -0.4 is 5.32 Å². The molecule has 1 aromatic carbocycles. The van der Waals surface area contributed by atoms with Crippen molar-refractivity contribution in [3.8, 4) is 0 Å². The highest BCUT2D eigenvalue weighted by molar-refractivity contribution is 8.16. The number of carbonyl (C=O) groups excluding carboxylic acids is 2. The van der Waals surface area contributed by atoms with Crippen molar-refractivity contribution < 1.29 is 27.5 Å². The van der Waals surface area contributed by atoms with Crippen LogP contribution in [0.15, 0.2) is 51.6 Å². The molecule has 2 heterocycles. The first kappa shape index (κ1) is 23.4. The van der Waals surface area contributed by atoms with Gasteiger partial charge in [-0.3, -0.25) is 4.79 Å². The molecule has 2 aliphatic heterocycles. The number of nitrogens with zero attached hydrogens (tertiary/aromatic N) is 2. The van der Waals surface area contributed by atoms with Crippen LogP contribution in [-0.2, 0) is 20.5 Å². The monoisotopic (exact) mass is 479 g/mol. The fraction of sp³-hybridized carbons (Fsp3) is 0.435. The third-order valence-corrected chi connectivity index (χ3v) is 6.56. The molecule has 176 valence electrons. The zero-order valence-corrected chi connectivity index (χ0v) is 19.1. The highest BCUT2D eigenvalue weighted by Crippen LogP contribution is 2.45. The Kier molecular flexibility index (Phi) is 6.56. The van der Waals surface area contributed by atoms with Crippen LogP contribution in [0.1, 0.15) is 50.3 Å². The van der Waals surface area contributed by atoms with Gasteiger partial charge in [0.15, 0.2) is 5.17 Å². The Morgan fingerprint density at radius 2 is 1.94 bits per heavy atom. The number of thioether (sulfide) groups is 1. The Morgan fingerprint density at radius 1 is 1.24 bits per heavy atom. The number of ether oxygens (including phenoxy) is 1. The third kappa shape index (κ3) is 5.10. The SMILES string of the molecule is CCOC(=O)C1=C(C)N=C2SC=C(CC(=O)NCC3CC3)N2[C@@H]1c1ccc(C(F)(F)F)cc1. The normalized spacial score (nSPS) is 20.3. The molecule has 1 atom stereocenters. The largest absolute Gasteiger partial charge is 0.463 e. The number of carbonyl (C=O) groups is 2. The van der Waals surface area contributed by atoms with Crippen molar-refractivity contribution in [2.75, 3.05) is 13.2 Å². The number of benzene rings is 1. The van der Waals surface area contributed by atoms with E-state index in [9.17, 15) is 22.8 Å². The van der Waals surface area contributed by atoms with Crippen molar-refractivity contribution in [1.82, 2.24) is 10.2 Å². The number of amides is 1. The highest BCUT2D eigenvalue weighted by Gasteiger charge is 2.41. The number of fused-ring (bicyclic) bond motifs is 1. The van der Waals surface area contributed by atoms with E-state index < -0.39 is 23.8 Å². The van der Waals surface area contributed by atoms with Crippen molar-refractivity contribution in [2.24, 2.45) is 10.9 Å². The number of hydrogen-bond donors (Lipinski definition) is 1. The highest BCUT2D eigenvalue weighted by atomic mass is 32.2. The molecule has 10 heteroatoms. The Balaban J connectivity index is 1.67. The summed E-state index contributed by atoms with van der Waals surface area (Å²) in [4.78, 5) is 31.7. The molecule has 33 heavy (non-hydrogen) atoms. The second-order valence-corrected chi connectivity index (χ2v) is 8.99. The zero-order valence-electron chi connectivity index (χ0n) is 18.2. The summed E-state index contributed by atoms with van der Waals surface area (Å²) in [6, 6.07) is 3.95. The fourth-order valence-electron chi connectivity index (χ4n) is 3.82. The maximum absolute atomic E-state index is 13.1. The average Bonchev–Trinajstić information content (AvgIpc) is 3.52. The Hall–Kier alpha value is -2.75. The number of allylic oxidation sites excluding steroid dienone is 1. The minimum absolute atomic E-state index is 0.0744. The molecular weight excluding hydrogens is 455 g/mol. The van der Waals surface area contributed by atoms with Gasteiger partial charge in [0.05, 0.1) is 35.9 Å². The van der Waals surface area contributed by atoms with E-state index in [0.717, 1.165) is 25.0 Å². The van der Waals surface area contributed by atoms with Gasteiger partial charge in [-0.25, -0.2) is 9.79 Å². The summed E-state index contributed by atoms with van der Waals surface area (Å²) in [5, 5.41) is 5.29. The summed E-state index contributed by atoms with van der Waals surface area (Å²) >= 11 is 1.32. The van der Waals surface area contributed by atoms with E-state index >= 15 is 0 Å². The molecule has 1 aliphatic carbocycles. The smallest absolute Gasteiger partial charge is 0.416 e. The number of aliphatic imine (C=N–C) groups is 1. The van der Waals surface area contributed by atoms with Crippen molar-refractivity contribution in [3.63, 3.8) is 0 Å². The summed E-state index contributed by atoms with van der Waals surface area (Å²) in [6.45, 7) is 4.14. The molecule has 0 bridgehead atoms. The van der Waals surface area contributed by atoms with Gasteiger partial charge in [-0.05, 0) is 55.7 Å². The molecule has 1 aromatic rings. The molecule has 0 radical (unpaired) electrons. The van der Waals surface area contributed by atoms with Crippen LogP contribution in [0.3, 0.4) is 0 Å². The molecule has 1 saturated carbocycles. The van der Waals surface area contributed by atoms with Crippen molar-refractivity contribution in [1.29, 1.82) is 0 Å². The molecule has 0 spiro atoms. The molecule has 4 rings (SSSR count). The van der Waals surface area contributed by atoms with Gasteiger partial charge in [-0.1, -0.05) is 23.9 Å². The van der Waals surface area contributed by atoms with Crippen LogP contribution >= 0.6 is 11.8 Å². The van der Waals surface area contributed by atoms with Crippen LogP contribution in [0.5, 0.6) is 0 Å². The maximum Gasteiger partial charge on any atom is 0.416 e. The Bertz CT molecular complexity index is 1040. The van der Waals surface area contributed by atoms with Crippen LogP contribution in [0.4, 0.5) is 13.2 Å². The van der Waals surface area contributed by atoms with Gasteiger partial charge in [0.1, 0.15) is 0 Å². The zero-order chi connectivity index (χ0) is 23.8. The molecule has 1 amide bonds. The standard InChI is InChI=1S/C23H24F3N3O3S/c1-3-32-21(31)19-13(2)28-22-29(17(12-33-22)10-18(30)27-11-14-4-5-14)20(19)15-6-8-16(9-7-15)23(24,25)26/h6-9,12,14,20H,3-5,10-11H2,1-2H3,(H,27,30)/t20-/m1/s1. The molecule has 0 unspecified atom stereocenters. The Morgan fingerprint density at radius 3 is 2.55 bits per heavy atom. The van der Waals surface area contributed by atoms with E-state index in [1.54, 1.807) is 24.2 Å². The van der Waals surface area contributed by atoms with E-state index in [1.807, 2.05) is 0 Å². The van der Waals surface area contributed by atoms with Gasteiger partial charge in [0.25, 0.3) is 0 Å². The summed E-state index contributed by atoms with van der Waals surface area (Å²) in [7, 11) is 0. The number of hydrogen-bond acceptors (Lipinski definition) is 6. The Labute approximate surface area is 194 Å². The van der Waals surface area contributed by atoms with Gasteiger partial charge in [-0.2, -0.15) is 13.2 Å². The minimum atomic E-state index is -4.47. The lowest BCUT2D eigenvalue weighted by molar-refractivity contribution is -0.139. The molecular formula is C23H24F3N3O3S. The van der Waals surface area contributed by atoms with Gasteiger partial charge in [0.2, 0.25) is 5.91 Å². The number of nitrogens with one attached hydrogen (secondary N) is 1. The maximum atomic E-state index is 13.1. The van der Waals surface area contributed by atoms with E-state index in [1.165, 1.54) is 23.9 Å². The predicted molar refractivity (Wildman–Crippen MR) is 119 cm³/mol. The van der Waals surface area contributed by atoms with Gasteiger partial charge in [-0.15, -0.1) is 0 Å². The topological polar surface area (TPSA) is 71.0 Å².